The van der Waals surface area contributed by atoms with Crippen LogP contribution in [0.15, 0.2) is 18.2 Å². The number of hydrogen-bond acceptors (Lipinski definition) is 6. The second-order valence-corrected chi connectivity index (χ2v) is 5.69. The molecular formula is C14H21NO4S. The van der Waals surface area contributed by atoms with Gasteiger partial charge in [-0.15, -0.1) is 0 Å². The van der Waals surface area contributed by atoms with E-state index in [4.69, 9.17) is 14.6 Å². The fourth-order valence-electron chi connectivity index (χ4n) is 2.00. The molecule has 0 amide bonds. The van der Waals surface area contributed by atoms with Crippen molar-refractivity contribution in [3.63, 3.8) is 0 Å². The van der Waals surface area contributed by atoms with E-state index in [1.165, 1.54) is 0 Å². The molecule has 6 heteroatoms. The van der Waals surface area contributed by atoms with Crippen LogP contribution in [-0.4, -0.2) is 54.7 Å². The Hall–Kier alpha value is -0.950. The smallest absolute Gasteiger partial charge is 0.161 e. The first-order valence-corrected chi connectivity index (χ1v) is 7.83. The third-order valence-corrected chi connectivity index (χ3v) is 4.31. The highest BCUT2D eigenvalue weighted by Crippen LogP contribution is 2.33. The number of nitrogens with one attached hydrogen (secondary N) is 1. The van der Waals surface area contributed by atoms with E-state index in [0.717, 1.165) is 22.8 Å². The minimum absolute atomic E-state index is 0.168. The van der Waals surface area contributed by atoms with E-state index in [-0.39, 0.29) is 12.6 Å². The number of aliphatic hydroxyl groups excluding tert-OH is 2. The summed E-state index contributed by atoms with van der Waals surface area (Å²) in [6.07, 6.45) is -0.655. The van der Waals surface area contributed by atoms with Crippen molar-refractivity contribution in [2.24, 2.45) is 0 Å². The lowest BCUT2D eigenvalue weighted by atomic mass is 10.1. The summed E-state index contributed by atoms with van der Waals surface area (Å²) in [5.74, 6) is 2.92. The predicted molar refractivity (Wildman–Crippen MR) is 79.7 cm³/mol. The van der Waals surface area contributed by atoms with Crippen molar-refractivity contribution in [3.05, 3.63) is 23.8 Å². The van der Waals surface area contributed by atoms with Crippen molar-refractivity contribution in [1.29, 1.82) is 0 Å². The Labute approximate surface area is 123 Å². The molecule has 0 aromatic heterocycles. The lowest BCUT2D eigenvalue weighted by Gasteiger charge is -2.22. The summed E-state index contributed by atoms with van der Waals surface area (Å²) in [4.78, 5) is 0. The summed E-state index contributed by atoms with van der Waals surface area (Å²) in [5.41, 5.74) is 1.13. The van der Waals surface area contributed by atoms with Gasteiger partial charge >= 0.3 is 0 Å². The summed E-state index contributed by atoms with van der Waals surface area (Å²) in [7, 11) is 1.91. The maximum Gasteiger partial charge on any atom is 0.161 e. The van der Waals surface area contributed by atoms with Gasteiger partial charge in [-0.25, -0.2) is 0 Å². The highest BCUT2D eigenvalue weighted by molar-refractivity contribution is 7.99. The van der Waals surface area contributed by atoms with E-state index in [0.29, 0.717) is 19.0 Å². The minimum Gasteiger partial charge on any atom is -0.486 e. The molecule has 2 atom stereocenters. The molecule has 0 radical (unpaired) electrons. The van der Waals surface area contributed by atoms with Crippen LogP contribution in [-0.2, 0) is 0 Å². The molecule has 0 saturated carbocycles. The van der Waals surface area contributed by atoms with Crippen LogP contribution in [0.25, 0.3) is 0 Å². The standard InChI is InChI=1S/C14H21NO4S/c1-15-12(9-20-8-11(17)7-16)10-2-3-13-14(6-10)19-5-4-18-13/h2-3,6,11-12,15-17H,4-5,7-9H2,1H3. The van der Waals surface area contributed by atoms with Gasteiger partial charge in [-0.3, -0.25) is 0 Å². The van der Waals surface area contributed by atoms with Gasteiger partial charge in [0.05, 0.1) is 12.7 Å². The minimum atomic E-state index is -0.655. The summed E-state index contributed by atoms with van der Waals surface area (Å²) in [6, 6.07) is 6.12. The van der Waals surface area contributed by atoms with Crippen LogP contribution in [0.4, 0.5) is 0 Å². The van der Waals surface area contributed by atoms with Gasteiger partial charge in [0.2, 0.25) is 0 Å². The summed E-state index contributed by atoms with van der Waals surface area (Å²) in [5, 5.41) is 21.4. The Kier molecular flexibility index (Phi) is 5.97. The quantitative estimate of drug-likeness (QED) is 0.692. The third-order valence-electron chi connectivity index (χ3n) is 3.12. The van der Waals surface area contributed by atoms with Crippen molar-refractivity contribution >= 4 is 11.8 Å². The van der Waals surface area contributed by atoms with Crippen molar-refractivity contribution in [2.45, 2.75) is 12.1 Å². The maximum atomic E-state index is 9.34. The maximum absolute atomic E-state index is 9.34. The van der Waals surface area contributed by atoms with Crippen molar-refractivity contribution < 1.29 is 19.7 Å². The number of ether oxygens (including phenoxy) is 2. The number of thioether (sulfide) groups is 1. The van der Waals surface area contributed by atoms with E-state index < -0.39 is 6.10 Å². The Morgan fingerprint density at radius 1 is 1.25 bits per heavy atom. The zero-order valence-electron chi connectivity index (χ0n) is 11.5. The van der Waals surface area contributed by atoms with Gasteiger partial charge in [0, 0.05) is 17.5 Å². The second-order valence-electron chi connectivity index (χ2n) is 4.62. The second kappa shape index (κ2) is 7.73. The summed E-state index contributed by atoms with van der Waals surface area (Å²) >= 11 is 1.61. The molecule has 5 nitrogen and oxygen atoms in total. The molecule has 0 fully saturated rings. The lowest BCUT2D eigenvalue weighted by Crippen LogP contribution is -2.22. The lowest BCUT2D eigenvalue weighted by molar-refractivity contribution is 0.113. The van der Waals surface area contributed by atoms with Gasteiger partial charge in [-0.1, -0.05) is 6.07 Å². The van der Waals surface area contributed by atoms with Crippen molar-refractivity contribution in [3.8, 4) is 11.5 Å². The number of rotatable bonds is 7. The average molecular weight is 299 g/mol. The van der Waals surface area contributed by atoms with Crippen molar-refractivity contribution in [2.75, 3.05) is 38.4 Å². The molecule has 20 heavy (non-hydrogen) atoms. The number of aliphatic hydroxyl groups is 2. The molecule has 1 heterocycles. The van der Waals surface area contributed by atoms with Gasteiger partial charge in [0.1, 0.15) is 13.2 Å². The first-order chi connectivity index (χ1) is 9.74. The molecule has 1 aromatic rings. The molecular weight excluding hydrogens is 278 g/mol. The molecule has 0 aliphatic carbocycles. The molecule has 2 unspecified atom stereocenters. The van der Waals surface area contributed by atoms with E-state index in [2.05, 4.69) is 5.32 Å². The van der Waals surface area contributed by atoms with Gasteiger partial charge < -0.3 is 25.0 Å². The molecule has 1 aliphatic rings. The SMILES string of the molecule is CNC(CSCC(O)CO)c1ccc2c(c1)OCCO2. The van der Waals surface area contributed by atoms with E-state index in [1.54, 1.807) is 11.8 Å². The zero-order valence-corrected chi connectivity index (χ0v) is 12.4. The van der Waals surface area contributed by atoms with Gasteiger partial charge in [-0.2, -0.15) is 11.8 Å². The molecule has 0 spiro atoms. The molecule has 0 saturated heterocycles. The van der Waals surface area contributed by atoms with Crippen LogP contribution in [0.5, 0.6) is 11.5 Å². The Balaban J connectivity index is 1.96. The van der Waals surface area contributed by atoms with Crippen LogP contribution in [0.2, 0.25) is 0 Å². The van der Waals surface area contributed by atoms with Crippen LogP contribution in [0.1, 0.15) is 11.6 Å². The van der Waals surface area contributed by atoms with E-state index in [1.807, 2.05) is 25.2 Å². The van der Waals surface area contributed by atoms with Gasteiger partial charge in [0.15, 0.2) is 11.5 Å². The molecule has 2 rings (SSSR count). The summed E-state index contributed by atoms with van der Waals surface area (Å²) in [6.45, 7) is 0.982. The molecule has 112 valence electrons. The highest BCUT2D eigenvalue weighted by Gasteiger charge is 2.16. The number of fused-ring (bicyclic) bond motifs is 1. The number of hydrogen-bond donors (Lipinski definition) is 3. The summed E-state index contributed by atoms with van der Waals surface area (Å²) < 4.78 is 11.1. The fraction of sp³-hybridized carbons (Fsp3) is 0.571. The monoisotopic (exact) mass is 299 g/mol. The van der Waals surface area contributed by atoms with Crippen LogP contribution in [0, 0.1) is 0 Å². The molecule has 3 N–H and O–H groups in total. The topological polar surface area (TPSA) is 71.0 Å². The van der Waals surface area contributed by atoms with Crippen LogP contribution in [0.3, 0.4) is 0 Å². The van der Waals surface area contributed by atoms with Gasteiger partial charge in [-0.05, 0) is 24.7 Å². The van der Waals surface area contributed by atoms with E-state index in [9.17, 15) is 5.11 Å². The first-order valence-electron chi connectivity index (χ1n) is 6.68. The third kappa shape index (κ3) is 4.02. The normalized spacial score (nSPS) is 16.8. The van der Waals surface area contributed by atoms with Crippen LogP contribution < -0.4 is 14.8 Å². The largest absolute Gasteiger partial charge is 0.486 e. The van der Waals surface area contributed by atoms with Gasteiger partial charge in [0.25, 0.3) is 0 Å². The molecule has 1 aliphatic heterocycles. The molecule has 1 aromatic carbocycles. The average Bonchev–Trinajstić information content (AvgIpc) is 2.51. The predicted octanol–water partition coefficient (Wildman–Crippen LogP) is 0.805. The molecule has 0 bridgehead atoms. The van der Waals surface area contributed by atoms with Crippen molar-refractivity contribution in [1.82, 2.24) is 5.32 Å². The fourth-order valence-corrected chi connectivity index (χ4v) is 3.11. The zero-order chi connectivity index (χ0) is 14.4. The Bertz CT molecular complexity index is 430. The number of benzene rings is 1. The highest BCUT2D eigenvalue weighted by atomic mass is 32.2. The Morgan fingerprint density at radius 2 is 2.00 bits per heavy atom. The first kappa shape index (κ1) is 15.4. The van der Waals surface area contributed by atoms with Crippen LogP contribution >= 0.6 is 11.8 Å². The Morgan fingerprint density at radius 3 is 2.70 bits per heavy atom. The van der Waals surface area contributed by atoms with E-state index >= 15 is 0 Å².